The summed E-state index contributed by atoms with van der Waals surface area (Å²) < 4.78 is 13.5. The van der Waals surface area contributed by atoms with Crippen LogP contribution in [0.2, 0.25) is 0 Å². The molecule has 0 spiro atoms. The fourth-order valence-electron chi connectivity index (χ4n) is 0.738. The van der Waals surface area contributed by atoms with Crippen molar-refractivity contribution in [2.75, 3.05) is 20.3 Å². The minimum atomic E-state index is -0.803. The van der Waals surface area contributed by atoms with Gasteiger partial charge in [0.2, 0.25) is 0 Å². The standard InChI is InChI=1S/C11H16O6/c1-3-4-7-16-9(12)5-6-10(13)17-8-11(14)15-2/h5-6H,3-4,7-8H2,1-2H3/b6-5-. The number of carbonyl (C=O) groups is 3. The van der Waals surface area contributed by atoms with E-state index in [9.17, 15) is 14.4 Å². The molecule has 6 nitrogen and oxygen atoms in total. The van der Waals surface area contributed by atoms with Crippen LogP contribution in [-0.4, -0.2) is 38.2 Å². The molecule has 0 unspecified atom stereocenters. The largest absolute Gasteiger partial charge is 0.466 e. The van der Waals surface area contributed by atoms with Gasteiger partial charge in [0.05, 0.1) is 13.7 Å². The highest BCUT2D eigenvalue weighted by Gasteiger charge is 2.04. The smallest absolute Gasteiger partial charge is 0.344 e. The Hall–Kier alpha value is -1.85. The van der Waals surface area contributed by atoms with Gasteiger partial charge >= 0.3 is 17.9 Å². The molecule has 17 heavy (non-hydrogen) atoms. The van der Waals surface area contributed by atoms with Gasteiger partial charge in [-0.05, 0) is 6.42 Å². The topological polar surface area (TPSA) is 78.9 Å². The van der Waals surface area contributed by atoms with Gasteiger partial charge in [0.25, 0.3) is 0 Å². The summed E-state index contributed by atoms with van der Waals surface area (Å²) in [7, 11) is 1.18. The van der Waals surface area contributed by atoms with Crippen LogP contribution in [0, 0.1) is 0 Å². The fraction of sp³-hybridized carbons (Fsp3) is 0.545. The first-order valence-corrected chi connectivity index (χ1v) is 5.18. The van der Waals surface area contributed by atoms with Gasteiger partial charge in [-0.15, -0.1) is 0 Å². The van der Waals surface area contributed by atoms with Crippen molar-refractivity contribution in [1.29, 1.82) is 0 Å². The summed E-state index contributed by atoms with van der Waals surface area (Å²) in [6.07, 6.45) is 3.54. The minimum absolute atomic E-state index is 0.316. The number of ether oxygens (including phenoxy) is 3. The third-order valence-electron chi connectivity index (χ3n) is 1.66. The Morgan fingerprint density at radius 2 is 1.65 bits per heavy atom. The molecule has 0 saturated carbocycles. The summed E-state index contributed by atoms with van der Waals surface area (Å²) >= 11 is 0. The third kappa shape index (κ3) is 9.10. The average Bonchev–Trinajstić information content (AvgIpc) is 2.33. The van der Waals surface area contributed by atoms with Crippen molar-refractivity contribution in [1.82, 2.24) is 0 Å². The Bertz CT molecular complexity index is 294. The lowest BCUT2D eigenvalue weighted by Gasteiger charge is -2.00. The molecule has 0 amide bonds. The van der Waals surface area contributed by atoms with Crippen LogP contribution in [0.15, 0.2) is 12.2 Å². The SMILES string of the molecule is CCCCOC(=O)/C=C\C(=O)OCC(=O)OC. The quantitative estimate of drug-likeness (QED) is 0.282. The molecule has 0 fully saturated rings. The Labute approximate surface area is 99.5 Å². The molecule has 0 atom stereocenters. The van der Waals surface area contributed by atoms with E-state index in [-0.39, 0.29) is 0 Å². The highest BCUT2D eigenvalue weighted by molar-refractivity contribution is 5.92. The molecule has 0 aliphatic heterocycles. The molecule has 0 N–H and O–H groups in total. The molecule has 0 radical (unpaired) electrons. The Morgan fingerprint density at radius 3 is 2.18 bits per heavy atom. The van der Waals surface area contributed by atoms with Crippen molar-refractivity contribution in [2.24, 2.45) is 0 Å². The lowest BCUT2D eigenvalue weighted by atomic mass is 10.4. The number of esters is 3. The van der Waals surface area contributed by atoms with E-state index >= 15 is 0 Å². The number of rotatable bonds is 7. The fourth-order valence-corrected chi connectivity index (χ4v) is 0.738. The predicted molar refractivity (Wildman–Crippen MR) is 58.0 cm³/mol. The first-order valence-electron chi connectivity index (χ1n) is 5.18. The van der Waals surface area contributed by atoms with Gasteiger partial charge in [-0.2, -0.15) is 0 Å². The van der Waals surface area contributed by atoms with E-state index in [0.717, 1.165) is 25.0 Å². The van der Waals surface area contributed by atoms with E-state index in [2.05, 4.69) is 9.47 Å². The zero-order valence-electron chi connectivity index (χ0n) is 9.93. The van der Waals surface area contributed by atoms with Gasteiger partial charge in [-0.1, -0.05) is 13.3 Å². The minimum Gasteiger partial charge on any atom is -0.466 e. The van der Waals surface area contributed by atoms with Crippen LogP contribution in [0.4, 0.5) is 0 Å². The number of hydrogen-bond acceptors (Lipinski definition) is 6. The predicted octanol–water partition coefficient (Wildman–Crippen LogP) is 0.602. The molecule has 0 aromatic heterocycles. The van der Waals surface area contributed by atoms with Crippen LogP contribution in [0.25, 0.3) is 0 Å². The van der Waals surface area contributed by atoms with Crippen molar-refractivity contribution < 1.29 is 28.6 Å². The molecule has 0 aliphatic rings. The zero-order valence-corrected chi connectivity index (χ0v) is 9.93. The van der Waals surface area contributed by atoms with E-state index < -0.39 is 24.5 Å². The normalized spacial score (nSPS) is 10.0. The van der Waals surface area contributed by atoms with Crippen LogP contribution >= 0.6 is 0 Å². The van der Waals surface area contributed by atoms with Crippen molar-refractivity contribution in [3.8, 4) is 0 Å². The maximum atomic E-state index is 11.0. The summed E-state index contributed by atoms with van der Waals surface area (Å²) in [5.74, 6) is -2.09. The first-order chi connectivity index (χ1) is 8.10. The summed E-state index contributed by atoms with van der Waals surface area (Å²) in [4.78, 5) is 32.6. The monoisotopic (exact) mass is 244 g/mol. The van der Waals surface area contributed by atoms with Crippen molar-refractivity contribution >= 4 is 17.9 Å². The van der Waals surface area contributed by atoms with Crippen molar-refractivity contribution in [3.05, 3.63) is 12.2 Å². The molecule has 0 aliphatic carbocycles. The Balaban J connectivity index is 3.78. The van der Waals surface area contributed by atoms with Gasteiger partial charge in [-0.25, -0.2) is 14.4 Å². The highest BCUT2D eigenvalue weighted by Crippen LogP contribution is 1.91. The van der Waals surface area contributed by atoms with Gasteiger partial charge in [0.15, 0.2) is 6.61 Å². The zero-order chi connectivity index (χ0) is 13.1. The summed E-state index contributed by atoms with van der Waals surface area (Å²) in [6, 6.07) is 0. The van der Waals surface area contributed by atoms with Gasteiger partial charge in [0, 0.05) is 12.2 Å². The molecule has 0 saturated heterocycles. The van der Waals surface area contributed by atoms with Gasteiger partial charge in [-0.3, -0.25) is 0 Å². The molecule has 0 bridgehead atoms. The van der Waals surface area contributed by atoms with Crippen molar-refractivity contribution in [3.63, 3.8) is 0 Å². The highest BCUT2D eigenvalue weighted by atomic mass is 16.6. The number of methoxy groups -OCH3 is 1. The summed E-state index contributed by atoms with van der Waals surface area (Å²) in [5.41, 5.74) is 0. The number of unbranched alkanes of at least 4 members (excludes halogenated alkanes) is 1. The van der Waals surface area contributed by atoms with Crippen LogP contribution in [-0.2, 0) is 28.6 Å². The second kappa shape index (κ2) is 9.38. The average molecular weight is 244 g/mol. The molecular formula is C11H16O6. The third-order valence-corrected chi connectivity index (χ3v) is 1.66. The van der Waals surface area contributed by atoms with E-state index in [4.69, 9.17) is 4.74 Å². The molecule has 0 rings (SSSR count). The first kappa shape index (κ1) is 15.2. The van der Waals surface area contributed by atoms with E-state index in [1.807, 2.05) is 6.92 Å². The molecule has 0 heterocycles. The maximum absolute atomic E-state index is 11.0. The summed E-state index contributed by atoms with van der Waals surface area (Å²) in [5, 5.41) is 0. The number of carbonyl (C=O) groups excluding carboxylic acids is 3. The second-order valence-electron chi connectivity index (χ2n) is 3.04. The Morgan fingerprint density at radius 1 is 1.06 bits per heavy atom. The molecule has 0 aromatic rings. The van der Waals surface area contributed by atoms with E-state index in [1.165, 1.54) is 7.11 Å². The molecule has 96 valence electrons. The Kier molecular flexibility index (Phi) is 8.36. The van der Waals surface area contributed by atoms with E-state index in [0.29, 0.717) is 6.61 Å². The van der Waals surface area contributed by atoms with E-state index in [1.54, 1.807) is 0 Å². The second-order valence-corrected chi connectivity index (χ2v) is 3.04. The van der Waals surface area contributed by atoms with Crippen LogP contribution in [0.3, 0.4) is 0 Å². The van der Waals surface area contributed by atoms with Gasteiger partial charge < -0.3 is 14.2 Å². The lowest BCUT2D eigenvalue weighted by molar-refractivity contribution is -0.154. The number of hydrogen-bond donors (Lipinski definition) is 0. The lowest BCUT2D eigenvalue weighted by Crippen LogP contribution is -2.13. The molecular weight excluding hydrogens is 228 g/mol. The van der Waals surface area contributed by atoms with Crippen molar-refractivity contribution in [2.45, 2.75) is 19.8 Å². The maximum Gasteiger partial charge on any atom is 0.344 e. The van der Waals surface area contributed by atoms with Gasteiger partial charge in [0.1, 0.15) is 0 Å². The molecule has 6 heteroatoms. The van der Waals surface area contributed by atoms with Crippen LogP contribution < -0.4 is 0 Å². The van der Waals surface area contributed by atoms with Crippen LogP contribution in [0.1, 0.15) is 19.8 Å². The van der Waals surface area contributed by atoms with Crippen LogP contribution in [0.5, 0.6) is 0 Å². The molecule has 0 aromatic carbocycles. The summed E-state index contributed by atoms with van der Waals surface area (Å²) in [6.45, 7) is 1.80.